The van der Waals surface area contributed by atoms with Crippen molar-refractivity contribution in [1.82, 2.24) is 4.57 Å². The van der Waals surface area contributed by atoms with E-state index in [0.717, 1.165) is 88.4 Å². The summed E-state index contributed by atoms with van der Waals surface area (Å²) in [6.07, 6.45) is 0. The lowest BCUT2D eigenvalue weighted by molar-refractivity contribution is 0.669. The molecule has 270 valence electrons. The van der Waals surface area contributed by atoms with Gasteiger partial charge in [0.05, 0.1) is 23.3 Å². The zero-order chi connectivity index (χ0) is 38.1. The molecule has 0 aliphatic carbocycles. The standard InChI is InChI=1S/C52H36N4O/c1-53-51(38-29-27-37(28-30-38)36-17-6-3-7-18-36)55-52(54-34-35-15-4-2-5-16-35)42-20-9-12-24-46(42)56-45-23-11-8-19-41(45)44-33-39(31-32-47(44)56)40-22-14-26-49-50(40)43-21-10-13-25-48(43)57-49/h2-33H,1,34H2/b54-52-,55-51-. The van der Waals surface area contributed by atoms with Crippen LogP contribution in [-0.2, 0) is 6.54 Å². The quantitative estimate of drug-likeness (QED) is 0.119. The normalized spacial score (nSPS) is 12.2. The molecule has 0 bridgehead atoms. The lowest BCUT2D eigenvalue weighted by Gasteiger charge is -2.15. The number of hydrogen-bond donors (Lipinski definition) is 0. The number of para-hydroxylation sites is 3. The molecule has 0 saturated heterocycles. The van der Waals surface area contributed by atoms with Crippen LogP contribution < -0.4 is 0 Å². The molecule has 0 radical (unpaired) electrons. The Kier molecular flexibility index (Phi) is 8.65. The molecule has 0 amide bonds. The van der Waals surface area contributed by atoms with Crippen molar-refractivity contribution in [2.75, 3.05) is 0 Å². The van der Waals surface area contributed by atoms with Crippen LogP contribution in [0.2, 0.25) is 0 Å². The first kappa shape index (κ1) is 33.9. The third-order valence-electron chi connectivity index (χ3n) is 10.6. The molecule has 5 heteroatoms. The van der Waals surface area contributed by atoms with Crippen molar-refractivity contribution in [2.45, 2.75) is 6.54 Å². The predicted octanol–water partition coefficient (Wildman–Crippen LogP) is 13.1. The first-order chi connectivity index (χ1) is 28.2. The molecule has 2 aromatic heterocycles. The van der Waals surface area contributed by atoms with E-state index < -0.39 is 0 Å². The fraction of sp³-hybridized carbons (Fsp3) is 0.0192. The lowest BCUT2D eigenvalue weighted by atomic mass is 9.98. The Morgan fingerprint density at radius 3 is 1.98 bits per heavy atom. The van der Waals surface area contributed by atoms with Crippen molar-refractivity contribution < 1.29 is 4.42 Å². The van der Waals surface area contributed by atoms with Gasteiger partial charge >= 0.3 is 0 Å². The van der Waals surface area contributed by atoms with Crippen molar-refractivity contribution in [1.29, 1.82) is 0 Å². The Morgan fingerprint density at radius 1 is 0.509 bits per heavy atom. The smallest absolute Gasteiger partial charge is 0.161 e. The minimum Gasteiger partial charge on any atom is -0.456 e. The number of hydrogen-bond acceptors (Lipinski definition) is 2. The number of aromatic nitrogens is 1. The number of aliphatic imine (C=N–C) groups is 3. The molecular formula is C52H36N4O. The molecule has 10 aromatic rings. The minimum absolute atomic E-state index is 0.455. The average Bonchev–Trinajstić information content (AvgIpc) is 3.83. The molecule has 5 nitrogen and oxygen atoms in total. The monoisotopic (exact) mass is 732 g/mol. The number of amidine groups is 2. The molecule has 0 saturated carbocycles. The highest BCUT2D eigenvalue weighted by molar-refractivity contribution is 6.17. The van der Waals surface area contributed by atoms with Crippen molar-refractivity contribution in [3.8, 4) is 27.9 Å². The first-order valence-electron chi connectivity index (χ1n) is 19.1. The van der Waals surface area contributed by atoms with Crippen LogP contribution in [0, 0.1) is 0 Å². The van der Waals surface area contributed by atoms with E-state index in [0.29, 0.717) is 18.2 Å². The van der Waals surface area contributed by atoms with E-state index in [2.05, 4.69) is 138 Å². The van der Waals surface area contributed by atoms with Crippen LogP contribution >= 0.6 is 0 Å². The summed E-state index contributed by atoms with van der Waals surface area (Å²) >= 11 is 0. The summed E-state index contributed by atoms with van der Waals surface area (Å²) in [5.41, 5.74) is 12.3. The topological polar surface area (TPSA) is 55.1 Å². The predicted molar refractivity (Wildman–Crippen MR) is 238 cm³/mol. The maximum absolute atomic E-state index is 6.27. The van der Waals surface area contributed by atoms with Crippen LogP contribution in [0.15, 0.2) is 214 Å². The second-order valence-electron chi connectivity index (χ2n) is 14.0. The van der Waals surface area contributed by atoms with Gasteiger partial charge in [0.2, 0.25) is 0 Å². The van der Waals surface area contributed by atoms with Gasteiger partial charge in [-0.25, -0.2) is 9.98 Å². The summed E-state index contributed by atoms with van der Waals surface area (Å²) in [7, 11) is 0. The van der Waals surface area contributed by atoms with Crippen molar-refractivity contribution in [3.05, 3.63) is 211 Å². The number of benzene rings is 8. The van der Waals surface area contributed by atoms with Gasteiger partial charge in [-0.2, -0.15) is 0 Å². The van der Waals surface area contributed by atoms with Crippen LogP contribution in [0.5, 0.6) is 0 Å². The van der Waals surface area contributed by atoms with E-state index in [1.54, 1.807) is 0 Å². The highest BCUT2D eigenvalue weighted by Crippen LogP contribution is 2.40. The van der Waals surface area contributed by atoms with Crippen LogP contribution in [0.1, 0.15) is 16.7 Å². The summed E-state index contributed by atoms with van der Waals surface area (Å²) < 4.78 is 8.60. The van der Waals surface area contributed by atoms with Crippen LogP contribution in [0.4, 0.5) is 0 Å². The summed E-state index contributed by atoms with van der Waals surface area (Å²) in [6.45, 7) is 4.41. The molecular weight excluding hydrogens is 697 g/mol. The Bertz CT molecular complexity index is 3150. The van der Waals surface area contributed by atoms with Crippen molar-refractivity contribution in [2.24, 2.45) is 15.0 Å². The highest BCUT2D eigenvalue weighted by Gasteiger charge is 2.20. The summed E-state index contributed by atoms with van der Waals surface area (Å²) in [5, 5.41) is 4.55. The number of rotatable bonds is 7. The number of nitrogens with zero attached hydrogens (tertiary/aromatic N) is 4. The molecule has 10 rings (SSSR count). The second-order valence-corrected chi connectivity index (χ2v) is 14.0. The van der Waals surface area contributed by atoms with Crippen LogP contribution in [0.25, 0.3) is 71.7 Å². The Labute approximate surface area is 330 Å². The molecule has 0 atom stereocenters. The van der Waals surface area contributed by atoms with Gasteiger partial charge in [0.25, 0.3) is 0 Å². The minimum atomic E-state index is 0.455. The first-order valence-corrected chi connectivity index (χ1v) is 19.1. The summed E-state index contributed by atoms with van der Waals surface area (Å²) in [6, 6.07) is 67.2. The second kappa shape index (κ2) is 14.5. The SMILES string of the molecule is C=N/C(=N\C(=N/Cc1ccccc1)c1ccccc1-n1c2ccccc2c2cc(-c3cccc4oc5ccccc5c34)ccc21)c1ccc(-c2ccccc2)cc1. The third kappa shape index (κ3) is 6.21. The Balaban J connectivity index is 1.13. The maximum Gasteiger partial charge on any atom is 0.161 e. The molecule has 0 unspecified atom stereocenters. The number of furan rings is 1. The number of fused-ring (bicyclic) bond motifs is 6. The van der Waals surface area contributed by atoms with Crippen molar-refractivity contribution >= 4 is 62.1 Å². The average molecular weight is 733 g/mol. The van der Waals surface area contributed by atoms with E-state index in [-0.39, 0.29) is 0 Å². The van der Waals surface area contributed by atoms with Crippen LogP contribution in [0.3, 0.4) is 0 Å². The van der Waals surface area contributed by atoms with Gasteiger partial charge < -0.3 is 8.98 Å². The van der Waals surface area contributed by atoms with Gasteiger partial charge in [0.15, 0.2) is 11.7 Å². The van der Waals surface area contributed by atoms with Gasteiger partial charge in [0.1, 0.15) is 11.2 Å². The summed E-state index contributed by atoms with van der Waals surface area (Å²) in [5.74, 6) is 1.08. The maximum atomic E-state index is 6.27. The Morgan fingerprint density at radius 2 is 1.16 bits per heavy atom. The molecule has 2 heterocycles. The van der Waals surface area contributed by atoms with E-state index in [1.807, 2.05) is 72.8 Å². The third-order valence-corrected chi connectivity index (χ3v) is 10.6. The zero-order valence-electron chi connectivity index (χ0n) is 31.1. The van der Waals surface area contributed by atoms with Gasteiger partial charge in [-0.3, -0.25) is 4.99 Å². The molecule has 8 aromatic carbocycles. The van der Waals surface area contributed by atoms with Gasteiger partial charge in [-0.1, -0.05) is 152 Å². The van der Waals surface area contributed by atoms with Crippen LogP contribution in [-0.4, -0.2) is 23.0 Å². The molecule has 57 heavy (non-hydrogen) atoms. The lowest BCUT2D eigenvalue weighted by Crippen LogP contribution is -2.09. The zero-order valence-corrected chi connectivity index (χ0v) is 31.1. The molecule has 0 spiro atoms. The summed E-state index contributed by atoms with van der Waals surface area (Å²) in [4.78, 5) is 14.8. The highest BCUT2D eigenvalue weighted by atomic mass is 16.3. The van der Waals surface area contributed by atoms with Crippen molar-refractivity contribution in [3.63, 3.8) is 0 Å². The van der Waals surface area contributed by atoms with E-state index in [4.69, 9.17) is 14.4 Å². The van der Waals surface area contributed by atoms with E-state index in [9.17, 15) is 0 Å². The Hall–Kier alpha value is -7.63. The van der Waals surface area contributed by atoms with Gasteiger partial charge in [-0.15, -0.1) is 0 Å². The van der Waals surface area contributed by atoms with Gasteiger partial charge in [0, 0.05) is 32.7 Å². The largest absolute Gasteiger partial charge is 0.456 e. The molecule has 0 aliphatic rings. The van der Waals surface area contributed by atoms with E-state index in [1.165, 1.54) is 0 Å². The van der Waals surface area contributed by atoms with E-state index >= 15 is 0 Å². The molecule has 0 aliphatic heterocycles. The van der Waals surface area contributed by atoms with Gasteiger partial charge in [-0.05, 0) is 77.0 Å². The molecule has 0 N–H and O–H groups in total. The fourth-order valence-corrected chi connectivity index (χ4v) is 7.94. The molecule has 0 fully saturated rings. The fourth-order valence-electron chi connectivity index (χ4n) is 7.94.